The smallest absolute Gasteiger partial charge is 0.128 e. The van der Waals surface area contributed by atoms with E-state index in [9.17, 15) is 8.78 Å². The molecule has 3 rings (SSSR count). The Morgan fingerprint density at radius 1 is 1.00 bits per heavy atom. The lowest BCUT2D eigenvalue weighted by Crippen LogP contribution is -1.98. The van der Waals surface area contributed by atoms with Crippen LogP contribution in [0, 0.1) is 11.6 Å². The van der Waals surface area contributed by atoms with E-state index in [-0.39, 0.29) is 0 Å². The van der Waals surface area contributed by atoms with Crippen molar-refractivity contribution < 1.29 is 8.78 Å². The van der Waals surface area contributed by atoms with Gasteiger partial charge in [-0.25, -0.2) is 8.78 Å². The fraction of sp³-hybridized carbons (Fsp3) is 0. The maximum atomic E-state index is 13.2. The molecule has 3 aromatic rings. The molecule has 3 nitrogen and oxygen atoms in total. The number of rotatable bonds is 2. The zero-order valence-electron chi connectivity index (χ0n) is 10.4. The Kier molecular flexibility index (Phi) is 2.95. The molecular formula is C15H11F2N3. The van der Waals surface area contributed by atoms with Gasteiger partial charge < -0.3 is 11.1 Å². The molecule has 3 N–H and O–H groups in total. The van der Waals surface area contributed by atoms with E-state index >= 15 is 0 Å². The Bertz CT molecular complexity index is 767. The summed E-state index contributed by atoms with van der Waals surface area (Å²) in [6, 6.07) is 10.4. The van der Waals surface area contributed by atoms with E-state index in [1.54, 1.807) is 24.4 Å². The van der Waals surface area contributed by atoms with Crippen molar-refractivity contribution in [3.05, 3.63) is 60.3 Å². The number of benzene rings is 2. The molecule has 1 heterocycles. The minimum absolute atomic E-state index is 0.303. The number of fused-ring (bicyclic) bond motifs is 1. The number of nitrogens with zero attached hydrogens (tertiary/aromatic N) is 1. The number of nitrogens with two attached hydrogens (primary N) is 1. The van der Waals surface area contributed by atoms with Crippen LogP contribution in [-0.4, -0.2) is 4.98 Å². The molecule has 0 fully saturated rings. The lowest BCUT2D eigenvalue weighted by molar-refractivity contribution is 0.584. The normalized spacial score (nSPS) is 10.7. The summed E-state index contributed by atoms with van der Waals surface area (Å²) in [4.78, 5) is 4.19. The van der Waals surface area contributed by atoms with Crippen LogP contribution in [0.25, 0.3) is 10.9 Å². The number of halogens is 2. The van der Waals surface area contributed by atoms with E-state index in [2.05, 4.69) is 10.3 Å². The quantitative estimate of drug-likeness (QED) is 0.696. The van der Waals surface area contributed by atoms with Crippen molar-refractivity contribution in [1.82, 2.24) is 4.98 Å². The van der Waals surface area contributed by atoms with Gasteiger partial charge in [0.05, 0.1) is 16.9 Å². The first-order valence-electron chi connectivity index (χ1n) is 6.00. The summed E-state index contributed by atoms with van der Waals surface area (Å²) < 4.78 is 26.3. The molecular weight excluding hydrogens is 260 g/mol. The van der Waals surface area contributed by atoms with Gasteiger partial charge in [0.25, 0.3) is 0 Å². The number of nitrogen functional groups attached to an aromatic ring is 1. The summed E-state index contributed by atoms with van der Waals surface area (Å²) in [5.74, 6) is -1.29. The lowest BCUT2D eigenvalue weighted by atomic mass is 10.1. The molecule has 0 aliphatic heterocycles. The summed E-state index contributed by atoms with van der Waals surface area (Å²) in [6.07, 6.45) is 1.68. The van der Waals surface area contributed by atoms with E-state index in [0.29, 0.717) is 17.1 Å². The van der Waals surface area contributed by atoms with Gasteiger partial charge in [-0.2, -0.15) is 0 Å². The molecule has 0 aliphatic carbocycles. The highest BCUT2D eigenvalue weighted by atomic mass is 19.1. The molecule has 0 amide bonds. The average Bonchev–Trinajstić information content (AvgIpc) is 2.41. The van der Waals surface area contributed by atoms with Gasteiger partial charge in [0.2, 0.25) is 0 Å². The minimum Gasteiger partial charge on any atom is -0.396 e. The molecule has 0 aliphatic rings. The zero-order valence-corrected chi connectivity index (χ0v) is 10.4. The fourth-order valence-electron chi connectivity index (χ4n) is 2.07. The van der Waals surface area contributed by atoms with E-state index in [1.807, 2.05) is 6.07 Å². The second-order valence-electron chi connectivity index (χ2n) is 4.38. The fourth-order valence-corrected chi connectivity index (χ4v) is 2.07. The third-order valence-corrected chi connectivity index (χ3v) is 2.97. The van der Waals surface area contributed by atoms with Crippen molar-refractivity contribution in [3.63, 3.8) is 0 Å². The van der Waals surface area contributed by atoms with E-state index in [0.717, 1.165) is 17.0 Å². The Morgan fingerprint density at radius 2 is 1.75 bits per heavy atom. The number of pyridine rings is 1. The summed E-state index contributed by atoms with van der Waals surface area (Å²) >= 11 is 0. The van der Waals surface area contributed by atoms with Crippen LogP contribution >= 0.6 is 0 Å². The largest absolute Gasteiger partial charge is 0.396 e. The molecule has 0 saturated carbocycles. The molecule has 0 radical (unpaired) electrons. The van der Waals surface area contributed by atoms with Crippen LogP contribution in [0.4, 0.5) is 25.8 Å². The van der Waals surface area contributed by atoms with Gasteiger partial charge in [-0.05, 0) is 36.4 Å². The number of aromatic nitrogens is 1. The molecule has 1 aromatic heterocycles. The number of anilines is 3. The van der Waals surface area contributed by atoms with Crippen LogP contribution in [0.2, 0.25) is 0 Å². The first kappa shape index (κ1) is 12.3. The topological polar surface area (TPSA) is 50.9 Å². The molecule has 100 valence electrons. The van der Waals surface area contributed by atoms with Gasteiger partial charge in [-0.3, -0.25) is 4.98 Å². The van der Waals surface area contributed by atoms with Crippen molar-refractivity contribution in [2.45, 2.75) is 0 Å². The van der Waals surface area contributed by atoms with Crippen molar-refractivity contribution in [2.24, 2.45) is 0 Å². The summed E-state index contributed by atoms with van der Waals surface area (Å²) in [5, 5.41) is 3.70. The highest BCUT2D eigenvalue weighted by molar-refractivity contribution is 5.97. The van der Waals surface area contributed by atoms with Gasteiger partial charge in [0.15, 0.2) is 0 Å². The second-order valence-corrected chi connectivity index (χ2v) is 4.38. The maximum absolute atomic E-state index is 13.2. The Balaban J connectivity index is 2.04. The first-order chi connectivity index (χ1) is 9.63. The standard InChI is InChI=1S/C15H11F2N3/c16-9-6-10(17)8-11(7-9)20-14-4-3-13-12(15(14)18)2-1-5-19-13/h1-8,20H,18H2. The number of hydrogen-bond acceptors (Lipinski definition) is 3. The average molecular weight is 271 g/mol. The second kappa shape index (κ2) is 4.77. The van der Waals surface area contributed by atoms with Crippen LogP contribution in [0.15, 0.2) is 48.7 Å². The van der Waals surface area contributed by atoms with Gasteiger partial charge >= 0.3 is 0 Å². The highest BCUT2D eigenvalue weighted by Crippen LogP contribution is 2.30. The Labute approximate surface area is 114 Å². The van der Waals surface area contributed by atoms with Crippen LogP contribution in [0.3, 0.4) is 0 Å². The number of nitrogens with one attached hydrogen (secondary N) is 1. The van der Waals surface area contributed by atoms with Crippen molar-refractivity contribution in [3.8, 4) is 0 Å². The molecule has 0 unspecified atom stereocenters. The minimum atomic E-state index is -0.645. The summed E-state index contributed by atoms with van der Waals surface area (Å²) in [7, 11) is 0. The Morgan fingerprint density at radius 3 is 2.50 bits per heavy atom. The monoisotopic (exact) mass is 271 g/mol. The molecule has 0 saturated heterocycles. The van der Waals surface area contributed by atoms with E-state index in [1.165, 1.54) is 12.1 Å². The maximum Gasteiger partial charge on any atom is 0.128 e. The van der Waals surface area contributed by atoms with Crippen LogP contribution < -0.4 is 11.1 Å². The SMILES string of the molecule is Nc1c(Nc2cc(F)cc(F)c2)ccc2ncccc12. The van der Waals surface area contributed by atoms with E-state index < -0.39 is 11.6 Å². The molecule has 0 atom stereocenters. The van der Waals surface area contributed by atoms with Crippen molar-refractivity contribution in [2.75, 3.05) is 11.1 Å². The van der Waals surface area contributed by atoms with Gasteiger partial charge in [0, 0.05) is 23.3 Å². The van der Waals surface area contributed by atoms with Gasteiger partial charge in [-0.1, -0.05) is 0 Å². The van der Waals surface area contributed by atoms with Gasteiger partial charge in [-0.15, -0.1) is 0 Å². The molecule has 20 heavy (non-hydrogen) atoms. The third kappa shape index (κ3) is 2.25. The third-order valence-electron chi connectivity index (χ3n) is 2.97. The first-order valence-corrected chi connectivity index (χ1v) is 6.00. The lowest BCUT2D eigenvalue weighted by Gasteiger charge is -2.11. The predicted molar refractivity (Wildman–Crippen MR) is 75.8 cm³/mol. The van der Waals surface area contributed by atoms with E-state index in [4.69, 9.17) is 5.73 Å². The van der Waals surface area contributed by atoms with Crippen molar-refractivity contribution in [1.29, 1.82) is 0 Å². The number of hydrogen-bond donors (Lipinski definition) is 2. The van der Waals surface area contributed by atoms with Crippen LogP contribution in [0.1, 0.15) is 0 Å². The van der Waals surface area contributed by atoms with Crippen LogP contribution in [0.5, 0.6) is 0 Å². The van der Waals surface area contributed by atoms with Crippen LogP contribution in [-0.2, 0) is 0 Å². The van der Waals surface area contributed by atoms with Gasteiger partial charge in [0.1, 0.15) is 11.6 Å². The highest BCUT2D eigenvalue weighted by Gasteiger charge is 2.07. The molecule has 0 spiro atoms. The van der Waals surface area contributed by atoms with Crippen molar-refractivity contribution >= 4 is 28.0 Å². The summed E-state index contributed by atoms with van der Waals surface area (Å²) in [5.41, 5.74) is 8.19. The summed E-state index contributed by atoms with van der Waals surface area (Å²) in [6.45, 7) is 0. The zero-order chi connectivity index (χ0) is 14.1. The molecule has 5 heteroatoms. The molecule has 2 aromatic carbocycles. The molecule has 0 bridgehead atoms. The predicted octanol–water partition coefficient (Wildman–Crippen LogP) is 3.84. The Hall–Kier alpha value is -2.69.